The fourth-order valence-corrected chi connectivity index (χ4v) is 4.18. The van der Waals surface area contributed by atoms with Gasteiger partial charge in [-0.1, -0.05) is 36.7 Å². The summed E-state index contributed by atoms with van der Waals surface area (Å²) in [5, 5.41) is 18.3. The second kappa shape index (κ2) is 8.72. The second-order valence-electron chi connectivity index (χ2n) is 7.37. The number of hydrogen-bond acceptors (Lipinski definition) is 6. The molecule has 0 unspecified atom stereocenters. The van der Waals surface area contributed by atoms with Crippen molar-refractivity contribution in [3.8, 4) is 0 Å². The van der Waals surface area contributed by atoms with Crippen molar-refractivity contribution in [1.29, 1.82) is 0 Å². The van der Waals surface area contributed by atoms with Crippen LogP contribution in [0.15, 0.2) is 29.4 Å². The molecule has 2 aliphatic carbocycles. The lowest BCUT2D eigenvalue weighted by Gasteiger charge is -2.12. The molecular weight excluding hydrogens is 376 g/mol. The van der Waals surface area contributed by atoms with Gasteiger partial charge < -0.3 is 10.6 Å². The molecule has 0 saturated heterocycles. The van der Waals surface area contributed by atoms with Crippen LogP contribution in [0, 0.1) is 5.92 Å². The Morgan fingerprint density at radius 2 is 2.00 bits per heavy atom. The first kappa shape index (κ1) is 18.9. The van der Waals surface area contributed by atoms with Crippen LogP contribution in [-0.2, 0) is 16.1 Å². The molecule has 2 amide bonds. The Morgan fingerprint density at radius 3 is 2.79 bits per heavy atom. The Bertz CT molecular complexity index is 844. The van der Waals surface area contributed by atoms with E-state index in [0.29, 0.717) is 17.7 Å². The van der Waals surface area contributed by atoms with Crippen molar-refractivity contribution < 1.29 is 9.59 Å². The molecule has 0 bridgehead atoms. The zero-order valence-electron chi connectivity index (χ0n) is 15.6. The monoisotopic (exact) mass is 400 g/mol. The second-order valence-corrected chi connectivity index (χ2v) is 8.32. The molecule has 2 aliphatic rings. The first-order valence-corrected chi connectivity index (χ1v) is 10.7. The number of hydrogen-bond donors (Lipinski definition) is 2. The van der Waals surface area contributed by atoms with Gasteiger partial charge in [0.05, 0.1) is 11.8 Å². The molecule has 1 heterocycles. The minimum atomic E-state index is -0.0734. The zero-order chi connectivity index (χ0) is 19.3. The number of thioether (sulfide) groups is 1. The summed E-state index contributed by atoms with van der Waals surface area (Å²) >= 11 is 1.35. The van der Waals surface area contributed by atoms with Crippen LogP contribution >= 0.6 is 11.8 Å². The number of aromatic nitrogens is 4. The van der Waals surface area contributed by atoms with Crippen molar-refractivity contribution >= 4 is 29.3 Å². The van der Waals surface area contributed by atoms with Gasteiger partial charge in [0.2, 0.25) is 17.0 Å². The highest BCUT2D eigenvalue weighted by Gasteiger charge is 2.28. The van der Waals surface area contributed by atoms with Crippen LogP contribution in [0.4, 0.5) is 5.69 Å². The van der Waals surface area contributed by atoms with E-state index in [1.54, 1.807) is 4.68 Å². The number of carbonyl (C=O) groups is 2. The maximum Gasteiger partial charge on any atom is 0.230 e. The van der Waals surface area contributed by atoms with E-state index in [9.17, 15) is 9.59 Å². The largest absolute Gasteiger partial charge is 0.351 e. The fraction of sp³-hybridized carbons (Fsp3) is 0.526. The molecule has 0 atom stereocenters. The predicted octanol–water partition coefficient (Wildman–Crippen LogP) is 2.55. The van der Waals surface area contributed by atoms with E-state index in [1.807, 2.05) is 24.3 Å². The zero-order valence-corrected chi connectivity index (χ0v) is 16.5. The van der Waals surface area contributed by atoms with E-state index in [2.05, 4.69) is 26.2 Å². The van der Waals surface area contributed by atoms with Gasteiger partial charge in [0.15, 0.2) is 0 Å². The van der Waals surface area contributed by atoms with Crippen molar-refractivity contribution in [1.82, 2.24) is 25.5 Å². The number of tetrazole rings is 1. The van der Waals surface area contributed by atoms with Crippen molar-refractivity contribution in [2.24, 2.45) is 5.92 Å². The van der Waals surface area contributed by atoms with Crippen LogP contribution in [0.25, 0.3) is 0 Å². The normalized spacial score (nSPS) is 16.9. The molecule has 2 aromatic rings. The average Bonchev–Trinajstić information content (AvgIpc) is 3.20. The lowest BCUT2D eigenvalue weighted by molar-refractivity contribution is -0.120. The highest BCUT2D eigenvalue weighted by molar-refractivity contribution is 7.99. The number of amides is 2. The topological polar surface area (TPSA) is 102 Å². The van der Waals surface area contributed by atoms with Crippen LogP contribution in [0.2, 0.25) is 0 Å². The minimum absolute atomic E-state index is 0.0734. The van der Waals surface area contributed by atoms with Gasteiger partial charge in [-0.3, -0.25) is 9.59 Å². The van der Waals surface area contributed by atoms with Crippen LogP contribution in [-0.4, -0.2) is 37.8 Å². The Kier molecular flexibility index (Phi) is 5.90. The smallest absolute Gasteiger partial charge is 0.230 e. The average molecular weight is 401 g/mol. The molecule has 0 radical (unpaired) electrons. The molecule has 1 aromatic heterocycles. The number of benzene rings is 1. The van der Waals surface area contributed by atoms with Gasteiger partial charge in [0.25, 0.3) is 0 Å². The Morgan fingerprint density at radius 1 is 1.18 bits per heavy atom. The number of rotatable bonds is 8. The van der Waals surface area contributed by atoms with Crippen molar-refractivity contribution in [2.75, 3.05) is 11.1 Å². The van der Waals surface area contributed by atoms with Crippen LogP contribution in [0.1, 0.15) is 50.1 Å². The number of nitrogens with one attached hydrogen (secondary N) is 2. The summed E-state index contributed by atoms with van der Waals surface area (Å²) in [5.74, 6) is 0.428. The molecule has 1 aromatic carbocycles. The summed E-state index contributed by atoms with van der Waals surface area (Å²) in [5.41, 5.74) is 1.73. The van der Waals surface area contributed by atoms with Crippen LogP contribution in [0.5, 0.6) is 0 Å². The molecule has 9 heteroatoms. The van der Waals surface area contributed by atoms with Crippen molar-refractivity contribution in [3.05, 3.63) is 29.8 Å². The first-order chi connectivity index (χ1) is 13.7. The molecule has 2 saturated carbocycles. The predicted molar refractivity (Wildman–Crippen MR) is 106 cm³/mol. The van der Waals surface area contributed by atoms with Crippen LogP contribution < -0.4 is 10.6 Å². The van der Waals surface area contributed by atoms with E-state index in [1.165, 1.54) is 11.8 Å². The molecule has 0 aliphatic heterocycles. The summed E-state index contributed by atoms with van der Waals surface area (Å²) < 4.78 is 1.80. The van der Waals surface area contributed by atoms with E-state index in [-0.39, 0.29) is 23.5 Å². The number of anilines is 1. The van der Waals surface area contributed by atoms with Gasteiger partial charge in [-0.15, -0.1) is 5.10 Å². The molecule has 148 valence electrons. The molecular formula is C19H24N6O2S. The quantitative estimate of drug-likeness (QED) is 0.660. The number of nitrogens with zero attached hydrogens (tertiary/aromatic N) is 4. The summed E-state index contributed by atoms with van der Waals surface area (Å²) in [6, 6.07) is 8.01. The van der Waals surface area contributed by atoms with Crippen molar-refractivity contribution in [2.45, 2.75) is 56.3 Å². The maximum atomic E-state index is 12.3. The van der Waals surface area contributed by atoms with Gasteiger partial charge >= 0.3 is 0 Å². The molecule has 0 spiro atoms. The summed E-state index contributed by atoms with van der Waals surface area (Å²) in [6.07, 6.45) is 6.41. The SMILES string of the molecule is O=C(CSc1nnnn1C1CC1)NCc1cccc(NC(=O)C2CCCC2)c1. The van der Waals surface area contributed by atoms with Gasteiger partial charge in [0, 0.05) is 18.2 Å². The third-order valence-corrected chi connectivity index (χ3v) is 6.03. The Labute approximate surface area is 167 Å². The van der Waals surface area contributed by atoms with E-state index in [4.69, 9.17) is 0 Å². The molecule has 28 heavy (non-hydrogen) atoms. The Balaban J connectivity index is 1.24. The van der Waals surface area contributed by atoms with Crippen molar-refractivity contribution in [3.63, 3.8) is 0 Å². The van der Waals surface area contributed by atoms with E-state index >= 15 is 0 Å². The molecule has 8 nitrogen and oxygen atoms in total. The lowest BCUT2D eigenvalue weighted by Crippen LogP contribution is -2.25. The van der Waals surface area contributed by atoms with Gasteiger partial charge in [-0.25, -0.2) is 4.68 Å². The minimum Gasteiger partial charge on any atom is -0.351 e. The van der Waals surface area contributed by atoms with Crippen LogP contribution in [0.3, 0.4) is 0 Å². The fourth-order valence-electron chi connectivity index (χ4n) is 3.40. The molecule has 2 fully saturated rings. The van der Waals surface area contributed by atoms with E-state index < -0.39 is 0 Å². The summed E-state index contributed by atoms with van der Waals surface area (Å²) in [4.78, 5) is 24.4. The highest BCUT2D eigenvalue weighted by Crippen LogP contribution is 2.36. The first-order valence-electron chi connectivity index (χ1n) is 9.76. The summed E-state index contributed by atoms with van der Waals surface area (Å²) in [7, 11) is 0. The molecule has 2 N–H and O–H groups in total. The maximum absolute atomic E-state index is 12.3. The lowest BCUT2D eigenvalue weighted by atomic mass is 10.1. The third kappa shape index (κ3) is 4.89. The van der Waals surface area contributed by atoms with Gasteiger partial charge in [-0.2, -0.15) is 0 Å². The molecule has 4 rings (SSSR count). The standard InChI is InChI=1S/C19H24N6O2S/c26-17(12-28-19-22-23-24-25(19)16-8-9-16)20-11-13-4-3-7-15(10-13)21-18(27)14-5-1-2-6-14/h3-4,7,10,14,16H,1-2,5-6,8-9,11-12H2,(H,20,26)(H,21,27). The van der Waals surface area contributed by atoms with E-state index in [0.717, 1.165) is 49.8 Å². The van der Waals surface area contributed by atoms with Gasteiger partial charge in [0.1, 0.15) is 0 Å². The number of carbonyl (C=O) groups excluding carboxylic acids is 2. The highest BCUT2D eigenvalue weighted by atomic mass is 32.2. The summed E-state index contributed by atoms with van der Waals surface area (Å²) in [6.45, 7) is 0.417. The van der Waals surface area contributed by atoms with Gasteiger partial charge in [-0.05, 0) is 53.8 Å². The third-order valence-electron chi connectivity index (χ3n) is 5.10. The Hall–Kier alpha value is -2.42.